The highest BCUT2D eigenvalue weighted by Gasteiger charge is 2.17. The van der Waals surface area contributed by atoms with Crippen molar-refractivity contribution < 1.29 is 19.0 Å². The zero-order valence-corrected chi connectivity index (χ0v) is 11.8. The number of amides is 1. The first-order valence-corrected chi connectivity index (χ1v) is 6.16. The van der Waals surface area contributed by atoms with Crippen molar-refractivity contribution in [3.05, 3.63) is 34.6 Å². The van der Waals surface area contributed by atoms with Gasteiger partial charge in [-0.3, -0.25) is 0 Å². The maximum absolute atomic E-state index is 13.1. The van der Waals surface area contributed by atoms with Crippen LogP contribution in [0.25, 0.3) is 0 Å². The summed E-state index contributed by atoms with van der Waals surface area (Å²) in [7, 11) is 0. The maximum Gasteiger partial charge on any atom is 0.407 e. The van der Waals surface area contributed by atoms with Crippen molar-refractivity contribution in [1.82, 2.24) is 5.32 Å². The molecular formula is C13H17ClFNO3. The van der Waals surface area contributed by atoms with Crippen molar-refractivity contribution in [2.24, 2.45) is 0 Å². The molecule has 1 atom stereocenters. The SMILES string of the molecule is CC(C)(C)OC(=O)NCC(O)c1cc(F)cc(Cl)c1. The number of aliphatic hydroxyl groups is 1. The van der Waals surface area contributed by atoms with Gasteiger partial charge in [0.15, 0.2) is 0 Å². The normalized spacial score (nSPS) is 12.9. The third-order valence-electron chi connectivity index (χ3n) is 2.11. The van der Waals surface area contributed by atoms with Gasteiger partial charge < -0.3 is 15.2 Å². The first kappa shape index (κ1) is 15.7. The number of alkyl carbamates (subject to hydrolysis) is 1. The Kier molecular flexibility index (Phi) is 5.14. The molecule has 0 bridgehead atoms. The molecule has 1 aromatic carbocycles. The van der Waals surface area contributed by atoms with E-state index in [2.05, 4.69) is 5.32 Å². The van der Waals surface area contributed by atoms with Crippen molar-refractivity contribution in [3.63, 3.8) is 0 Å². The predicted octanol–water partition coefficient (Wildman–Crippen LogP) is 3.04. The Bertz CT molecular complexity index is 439. The van der Waals surface area contributed by atoms with Gasteiger partial charge in [-0.15, -0.1) is 0 Å². The summed E-state index contributed by atoms with van der Waals surface area (Å²) in [5, 5.41) is 12.4. The lowest BCUT2D eigenvalue weighted by Gasteiger charge is -2.20. The van der Waals surface area contributed by atoms with E-state index in [0.717, 1.165) is 12.1 Å². The fraction of sp³-hybridized carbons (Fsp3) is 0.462. The Hall–Kier alpha value is -1.33. The standard InChI is InChI=1S/C13H17ClFNO3/c1-13(2,3)19-12(18)16-7-11(17)8-4-9(14)6-10(15)5-8/h4-6,11,17H,7H2,1-3H3,(H,16,18). The van der Waals surface area contributed by atoms with Gasteiger partial charge >= 0.3 is 6.09 Å². The van der Waals surface area contributed by atoms with Gasteiger partial charge in [0, 0.05) is 5.02 Å². The second-order valence-electron chi connectivity index (χ2n) is 5.10. The number of hydrogen-bond acceptors (Lipinski definition) is 3. The molecule has 6 heteroatoms. The summed E-state index contributed by atoms with van der Waals surface area (Å²) in [6, 6.07) is 3.73. The van der Waals surface area contributed by atoms with Crippen LogP contribution in [0.15, 0.2) is 18.2 Å². The molecule has 0 aliphatic carbocycles. The minimum Gasteiger partial charge on any atom is -0.444 e. The van der Waals surface area contributed by atoms with Crippen LogP contribution in [0.2, 0.25) is 5.02 Å². The smallest absolute Gasteiger partial charge is 0.407 e. The van der Waals surface area contributed by atoms with Crippen LogP contribution < -0.4 is 5.32 Å². The van der Waals surface area contributed by atoms with Crippen LogP contribution in [-0.2, 0) is 4.74 Å². The van der Waals surface area contributed by atoms with Gasteiger partial charge in [0.05, 0.1) is 12.6 Å². The number of carbonyl (C=O) groups is 1. The molecule has 1 amide bonds. The van der Waals surface area contributed by atoms with Gasteiger partial charge in [-0.25, -0.2) is 9.18 Å². The molecule has 0 spiro atoms. The van der Waals surface area contributed by atoms with E-state index >= 15 is 0 Å². The largest absolute Gasteiger partial charge is 0.444 e. The Morgan fingerprint density at radius 3 is 2.63 bits per heavy atom. The molecule has 0 saturated carbocycles. The average molecular weight is 290 g/mol. The van der Waals surface area contributed by atoms with Gasteiger partial charge in [0.2, 0.25) is 0 Å². The van der Waals surface area contributed by atoms with Crippen molar-refractivity contribution in [3.8, 4) is 0 Å². The van der Waals surface area contributed by atoms with Crippen LogP contribution in [0.4, 0.5) is 9.18 Å². The van der Waals surface area contributed by atoms with E-state index in [9.17, 15) is 14.3 Å². The topological polar surface area (TPSA) is 58.6 Å². The van der Waals surface area contributed by atoms with Crippen molar-refractivity contribution in [2.45, 2.75) is 32.5 Å². The van der Waals surface area contributed by atoms with Gasteiger partial charge in [0.25, 0.3) is 0 Å². The maximum atomic E-state index is 13.1. The molecule has 0 fully saturated rings. The van der Waals surface area contributed by atoms with E-state index in [1.165, 1.54) is 6.07 Å². The molecule has 1 unspecified atom stereocenters. The van der Waals surface area contributed by atoms with E-state index in [4.69, 9.17) is 16.3 Å². The van der Waals surface area contributed by atoms with Gasteiger partial charge in [0.1, 0.15) is 11.4 Å². The number of benzene rings is 1. The number of carbonyl (C=O) groups excluding carboxylic acids is 1. The van der Waals surface area contributed by atoms with Crippen molar-refractivity contribution >= 4 is 17.7 Å². The van der Waals surface area contributed by atoms with Crippen LogP contribution in [0, 0.1) is 5.82 Å². The number of hydrogen-bond donors (Lipinski definition) is 2. The monoisotopic (exact) mass is 289 g/mol. The molecule has 0 aromatic heterocycles. The third kappa shape index (κ3) is 5.89. The first-order chi connectivity index (χ1) is 8.67. The van der Waals surface area contributed by atoms with Gasteiger partial charge in [-0.2, -0.15) is 0 Å². The number of halogens is 2. The van der Waals surface area contributed by atoms with E-state index in [1.807, 2.05) is 0 Å². The number of rotatable bonds is 3. The summed E-state index contributed by atoms with van der Waals surface area (Å²) in [6.07, 6.45) is -1.70. The molecule has 4 nitrogen and oxygen atoms in total. The quantitative estimate of drug-likeness (QED) is 0.899. The molecule has 1 aromatic rings. The summed E-state index contributed by atoms with van der Waals surface area (Å²) >= 11 is 5.68. The summed E-state index contributed by atoms with van der Waals surface area (Å²) in [5.41, 5.74) is -0.321. The molecule has 1 rings (SSSR count). The molecule has 0 heterocycles. The fourth-order valence-corrected chi connectivity index (χ4v) is 1.61. The van der Waals surface area contributed by atoms with Gasteiger partial charge in [-0.1, -0.05) is 11.6 Å². The number of nitrogens with one attached hydrogen (secondary N) is 1. The summed E-state index contributed by atoms with van der Waals surface area (Å²) < 4.78 is 18.1. The Balaban J connectivity index is 2.56. The average Bonchev–Trinajstić information content (AvgIpc) is 2.22. The molecule has 0 aliphatic heterocycles. The highest BCUT2D eigenvalue weighted by atomic mass is 35.5. The molecule has 0 aliphatic rings. The summed E-state index contributed by atoms with van der Waals surface area (Å²) in [5.74, 6) is -0.543. The van der Waals surface area contributed by atoms with Crippen molar-refractivity contribution in [1.29, 1.82) is 0 Å². The predicted molar refractivity (Wildman–Crippen MR) is 70.6 cm³/mol. The van der Waals surface area contributed by atoms with E-state index in [1.54, 1.807) is 20.8 Å². The zero-order chi connectivity index (χ0) is 14.6. The van der Waals surface area contributed by atoms with Crippen LogP contribution in [0.5, 0.6) is 0 Å². The Labute approximate surface area is 116 Å². The first-order valence-electron chi connectivity index (χ1n) is 5.78. The van der Waals surface area contributed by atoms with Crippen LogP contribution in [-0.4, -0.2) is 23.3 Å². The molecular weight excluding hydrogens is 273 g/mol. The van der Waals surface area contributed by atoms with Crippen LogP contribution >= 0.6 is 11.6 Å². The van der Waals surface area contributed by atoms with E-state index in [0.29, 0.717) is 5.56 Å². The lowest BCUT2D eigenvalue weighted by atomic mass is 10.1. The molecule has 2 N–H and O–H groups in total. The lowest BCUT2D eigenvalue weighted by Crippen LogP contribution is -2.34. The highest BCUT2D eigenvalue weighted by Crippen LogP contribution is 2.19. The van der Waals surface area contributed by atoms with E-state index in [-0.39, 0.29) is 11.6 Å². The summed E-state index contributed by atoms with van der Waals surface area (Å²) in [4.78, 5) is 11.4. The van der Waals surface area contributed by atoms with Crippen LogP contribution in [0.1, 0.15) is 32.4 Å². The van der Waals surface area contributed by atoms with Crippen molar-refractivity contribution in [2.75, 3.05) is 6.54 Å². The molecule has 106 valence electrons. The minimum absolute atomic E-state index is 0.0886. The number of aliphatic hydroxyl groups excluding tert-OH is 1. The molecule has 0 saturated heterocycles. The second kappa shape index (κ2) is 6.21. The minimum atomic E-state index is -1.05. The number of ether oxygens (including phenoxy) is 1. The highest BCUT2D eigenvalue weighted by molar-refractivity contribution is 6.30. The zero-order valence-electron chi connectivity index (χ0n) is 11.0. The lowest BCUT2D eigenvalue weighted by molar-refractivity contribution is 0.0492. The molecule has 19 heavy (non-hydrogen) atoms. The van der Waals surface area contributed by atoms with Crippen LogP contribution in [0.3, 0.4) is 0 Å². The second-order valence-corrected chi connectivity index (χ2v) is 5.54. The third-order valence-corrected chi connectivity index (χ3v) is 2.33. The molecule has 0 radical (unpaired) electrons. The fourth-order valence-electron chi connectivity index (χ4n) is 1.38. The van der Waals surface area contributed by atoms with Gasteiger partial charge in [-0.05, 0) is 44.5 Å². The van der Waals surface area contributed by atoms with E-state index < -0.39 is 23.6 Å². The summed E-state index contributed by atoms with van der Waals surface area (Å²) in [6.45, 7) is 5.11. The Morgan fingerprint density at radius 2 is 2.11 bits per heavy atom. The Morgan fingerprint density at radius 1 is 1.47 bits per heavy atom.